The van der Waals surface area contributed by atoms with E-state index in [2.05, 4.69) is 26.2 Å². The number of carbonyl (C=O) groups excluding carboxylic acids is 3. The third-order valence-corrected chi connectivity index (χ3v) is 8.03. The van der Waals surface area contributed by atoms with E-state index in [1.54, 1.807) is 11.1 Å². The summed E-state index contributed by atoms with van der Waals surface area (Å²) in [6.07, 6.45) is 4.69. The number of nitrogens with one attached hydrogen (secondary N) is 1. The molecule has 202 valence electrons. The van der Waals surface area contributed by atoms with Gasteiger partial charge in [0.05, 0.1) is 0 Å². The van der Waals surface area contributed by atoms with Crippen LogP contribution in [0.15, 0.2) is 65.3 Å². The molecule has 2 aliphatic rings. The summed E-state index contributed by atoms with van der Waals surface area (Å²) in [6, 6.07) is 14.7. The Balaban J connectivity index is 1.16. The number of benzene rings is 2. The van der Waals surface area contributed by atoms with Crippen LogP contribution >= 0.6 is 15.9 Å². The van der Waals surface area contributed by atoms with Crippen molar-refractivity contribution in [2.75, 3.05) is 25.0 Å². The minimum atomic E-state index is -0.467. The van der Waals surface area contributed by atoms with Crippen molar-refractivity contribution in [2.24, 2.45) is 0 Å². The third kappa shape index (κ3) is 6.03. The van der Waals surface area contributed by atoms with E-state index in [1.165, 1.54) is 29.8 Å². The number of amides is 3. The molecule has 3 amide bonds. The maximum atomic E-state index is 13.4. The first-order valence-corrected chi connectivity index (χ1v) is 14.0. The van der Waals surface area contributed by atoms with Gasteiger partial charge in [0.1, 0.15) is 17.6 Å². The Kier molecular flexibility index (Phi) is 8.07. The largest absolute Gasteiger partial charge is 0.341 e. The molecule has 0 saturated carbocycles. The first-order valence-electron chi connectivity index (χ1n) is 13.2. The minimum absolute atomic E-state index is 0.00341. The fourth-order valence-corrected chi connectivity index (χ4v) is 5.92. The van der Waals surface area contributed by atoms with Gasteiger partial charge in [-0.2, -0.15) is 0 Å². The van der Waals surface area contributed by atoms with Gasteiger partial charge in [-0.3, -0.25) is 14.4 Å². The lowest BCUT2D eigenvalue weighted by atomic mass is 9.89. The monoisotopic (exact) mass is 592 g/mol. The normalized spacial score (nSPS) is 17.8. The molecule has 5 rings (SSSR count). The summed E-state index contributed by atoms with van der Waals surface area (Å²) in [7, 11) is 0. The smallest absolute Gasteiger partial charge is 0.274 e. The van der Waals surface area contributed by atoms with E-state index >= 15 is 0 Å². The zero-order chi connectivity index (χ0) is 27.5. The number of anilines is 1. The Morgan fingerprint density at radius 2 is 1.67 bits per heavy atom. The molecule has 1 atom stereocenters. The van der Waals surface area contributed by atoms with Crippen LogP contribution in [0.25, 0.3) is 0 Å². The number of pyridine rings is 1. The number of aryl methyl sites for hydroxylation is 1. The Morgan fingerprint density at radius 1 is 0.974 bits per heavy atom. The van der Waals surface area contributed by atoms with Gasteiger partial charge >= 0.3 is 0 Å². The lowest BCUT2D eigenvalue weighted by Gasteiger charge is -2.35. The quantitative estimate of drug-likeness (QED) is 0.421. The molecule has 0 spiro atoms. The second-order valence-corrected chi connectivity index (χ2v) is 11.1. The summed E-state index contributed by atoms with van der Waals surface area (Å²) in [5.74, 6) is -0.556. The SMILES string of the molecule is Cc1cc(Br)cnc1C(=O)Nc1ccc(C2CCN(C(=O)[C@@H]3CCCN3C(=O)c3ccc(F)cc3)CC2)cc1. The van der Waals surface area contributed by atoms with Crippen LogP contribution < -0.4 is 5.32 Å². The van der Waals surface area contributed by atoms with Crippen LogP contribution in [0.4, 0.5) is 10.1 Å². The number of hydrogen-bond donors (Lipinski definition) is 1. The molecule has 1 aromatic heterocycles. The average Bonchev–Trinajstić information content (AvgIpc) is 3.43. The van der Waals surface area contributed by atoms with E-state index in [-0.39, 0.29) is 17.7 Å². The fraction of sp³-hybridized carbons (Fsp3) is 0.333. The first kappa shape index (κ1) is 27.0. The molecule has 3 heterocycles. The van der Waals surface area contributed by atoms with Crippen LogP contribution in [0, 0.1) is 12.7 Å². The van der Waals surface area contributed by atoms with E-state index in [4.69, 9.17) is 0 Å². The second kappa shape index (κ2) is 11.7. The molecule has 9 heteroatoms. The summed E-state index contributed by atoms with van der Waals surface area (Å²) >= 11 is 3.36. The summed E-state index contributed by atoms with van der Waals surface area (Å²) in [5.41, 5.74) is 3.46. The summed E-state index contributed by atoms with van der Waals surface area (Å²) in [4.78, 5) is 46.7. The van der Waals surface area contributed by atoms with Crippen molar-refractivity contribution in [1.29, 1.82) is 0 Å². The molecule has 2 aliphatic heterocycles. The Hall–Kier alpha value is -3.59. The van der Waals surface area contributed by atoms with Crippen LogP contribution in [0.3, 0.4) is 0 Å². The van der Waals surface area contributed by atoms with Gasteiger partial charge in [-0.25, -0.2) is 9.37 Å². The number of piperidine rings is 1. The van der Waals surface area contributed by atoms with E-state index in [1.807, 2.05) is 42.2 Å². The topological polar surface area (TPSA) is 82.6 Å². The Morgan fingerprint density at radius 3 is 2.33 bits per heavy atom. The molecule has 0 unspecified atom stereocenters. The minimum Gasteiger partial charge on any atom is -0.341 e. The van der Waals surface area contributed by atoms with Crippen LogP contribution in [0.1, 0.15) is 63.6 Å². The lowest BCUT2D eigenvalue weighted by Crippen LogP contribution is -2.49. The highest BCUT2D eigenvalue weighted by Gasteiger charge is 2.38. The molecular formula is C30H30BrFN4O3. The van der Waals surface area contributed by atoms with Crippen molar-refractivity contribution in [3.8, 4) is 0 Å². The maximum absolute atomic E-state index is 13.4. The molecule has 0 radical (unpaired) electrons. The molecule has 0 aliphatic carbocycles. The van der Waals surface area contributed by atoms with Crippen molar-refractivity contribution in [3.63, 3.8) is 0 Å². The molecule has 39 heavy (non-hydrogen) atoms. The number of likely N-dealkylation sites (tertiary alicyclic amines) is 2. The molecular weight excluding hydrogens is 563 g/mol. The molecule has 0 bridgehead atoms. The predicted molar refractivity (Wildman–Crippen MR) is 150 cm³/mol. The van der Waals surface area contributed by atoms with E-state index in [0.29, 0.717) is 48.9 Å². The van der Waals surface area contributed by atoms with Crippen molar-refractivity contribution >= 4 is 39.3 Å². The third-order valence-electron chi connectivity index (χ3n) is 7.60. The zero-order valence-corrected chi connectivity index (χ0v) is 23.3. The number of carbonyl (C=O) groups is 3. The van der Waals surface area contributed by atoms with E-state index in [0.717, 1.165) is 29.3 Å². The highest BCUT2D eigenvalue weighted by molar-refractivity contribution is 9.10. The zero-order valence-electron chi connectivity index (χ0n) is 21.7. The van der Waals surface area contributed by atoms with Gasteiger partial charge in [-0.1, -0.05) is 12.1 Å². The number of halogens is 2. The molecule has 1 N–H and O–H groups in total. The van der Waals surface area contributed by atoms with Crippen molar-refractivity contribution in [3.05, 3.63) is 93.5 Å². The van der Waals surface area contributed by atoms with Crippen molar-refractivity contribution < 1.29 is 18.8 Å². The van der Waals surface area contributed by atoms with E-state index in [9.17, 15) is 18.8 Å². The molecule has 2 fully saturated rings. The van der Waals surface area contributed by atoms with Gasteiger partial charge in [0.15, 0.2) is 0 Å². The Bertz CT molecular complexity index is 1370. The maximum Gasteiger partial charge on any atom is 0.274 e. The number of nitrogens with zero attached hydrogens (tertiary/aromatic N) is 3. The first-order chi connectivity index (χ1) is 18.8. The molecule has 7 nitrogen and oxygen atoms in total. The van der Waals surface area contributed by atoms with Crippen molar-refractivity contribution in [2.45, 2.75) is 44.6 Å². The van der Waals surface area contributed by atoms with Gasteiger partial charge < -0.3 is 15.1 Å². The molecule has 2 aromatic carbocycles. The van der Waals surface area contributed by atoms with Gasteiger partial charge in [-0.05, 0) is 108 Å². The van der Waals surface area contributed by atoms with Crippen LogP contribution in [0.5, 0.6) is 0 Å². The Labute approximate surface area is 235 Å². The fourth-order valence-electron chi connectivity index (χ4n) is 5.48. The number of aromatic nitrogens is 1. The standard InChI is InChI=1S/C30H30BrFN4O3/c1-19-17-23(31)18-33-27(19)28(37)34-25-10-6-20(7-11-25)21-12-15-35(16-13-21)30(39)26-3-2-14-36(26)29(38)22-4-8-24(32)9-5-22/h4-11,17-18,21,26H,2-3,12-16H2,1H3,(H,34,37)/t26-/m0/s1. The highest BCUT2D eigenvalue weighted by atomic mass is 79.9. The number of rotatable bonds is 5. The van der Waals surface area contributed by atoms with E-state index < -0.39 is 11.9 Å². The predicted octanol–water partition coefficient (Wildman–Crippen LogP) is 5.55. The number of hydrogen-bond acceptors (Lipinski definition) is 4. The summed E-state index contributed by atoms with van der Waals surface area (Å²) < 4.78 is 14.1. The molecule has 3 aromatic rings. The van der Waals surface area contributed by atoms with Crippen LogP contribution in [0.2, 0.25) is 0 Å². The lowest BCUT2D eigenvalue weighted by molar-refractivity contribution is -0.136. The average molecular weight is 593 g/mol. The summed E-state index contributed by atoms with van der Waals surface area (Å²) in [6.45, 7) is 3.64. The van der Waals surface area contributed by atoms with Crippen LogP contribution in [-0.2, 0) is 4.79 Å². The van der Waals surface area contributed by atoms with Crippen molar-refractivity contribution in [1.82, 2.24) is 14.8 Å². The molecule has 2 saturated heterocycles. The highest BCUT2D eigenvalue weighted by Crippen LogP contribution is 2.31. The van der Waals surface area contributed by atoms with Gasteiger partial charge in [-0.15, -0.1) is 0 Å². The summed E-state index contributed by atoms with van der Waals surface area (Å²) in [5, 5.41) is 2.91. The second-order valence-electron chi connectivity index (χ2n) is 10.2. The van der Waals surface area contributed by atoms with Gasteiger partial charge in [0.25, 0.3) is 11.8 Å². The van der Waals surface area contributed by atoms with Gasteiger partial charge in [0, 0.05) is 41.6 Å². The van der Waals surface area contributed by atoms with Crippen LogP contribution in [-0.4, -0.2) is 58.2 Å². The van der Waals surface area contributed by atoms with Gasteiger partial charge in [0.2, 0.25) is 5.91 Å².